The summed E-state index contributed by atoms with van der Waals surface area (Å²) in [4.78, 5) is 115. The number of aromatic nitrogens is 1. The van der Waals surface area contributed by atoms with E-state index in [0.29, 0.717) is 68.0 Å². The number of hydrazone groups is 3. The van der Waals surface area contributed by atoms with Gasteiger partial charge in [-0.05, 0) is 109 Å². The molecule has 8 N–H and O–H groups in total. The van der Waals surface area contributed by atoms with Gasteiger partial charge in [0.05, 0.1) is 75.3 Å². The van der Waals surface area contributed by atoms with Crippen LogP contribution in [0.2, 0.25) is 0 Å². The Kier molecular flexibility index (Phi) is 30.0. The molecule has 2 aromatic carbocycles. The number of hydrogen-bond donors (Lipinski definition) is 8. The van der Waals surface area contributed by atoms with Crippen LogP contribution in [0.3, 0.4) is 0 Å². The number of hydrogen-bond acceptors (Lipinski definition) is 20. The van der Waals surface area contributed by atoms with Gasteiger partial charge in [-0.3, -0.25) is 73.8 Å². The highest BCUT2D eigenvalue weighted by Crippen LogP contribution is 2.32. The number of unbranched alkanes of at least 4 members (excludes halogenated alkanes) is 2. The number of rotatable bonds is 32. The first-order valence-electron chi connectivity index (χ1n) is 30.3. The first-order chi connectivity index (χ1) is 43.7. The van der Waals surface area contributed by atoms with E-state index in [1.54, 1.807) is 50.1 Å². The summed E-state index contributed by atoms with van der Waals surface area (Å²) < 4.78 is 34.9. The van der Waals surface area contributed by atoms with E-state index in [4.69, 9.17) is 4.74 Å². The highest BCUT2D eigenvalue weighted by atomic mass is 127. The van der Waals surface area contributed by atoms with Crippen LogP contribution in [-0.2, 0) is 33.6 Å². The molecule has 91 heavy (non-hydrogen) atoms. The number of likely N-dealkylation sites (tertiary alicyclic amines) is 2. The zero-order valence-electron chi connectivity index (χ0n) is 50.7. The summed E-state index contributed by atoms with van der Waals surface area (Å²) in [5.41, 5.74) is 9.83. The van der Waals surface area contributed by atoms with E-state index in [1.807, 2.05) is 29.2 Å². The fourth-order valence-electron chi connectivity index (χ4n) is 10.6. The average Bonchev–Trinajstić information content (AvgIpc) is 1.89. The van der Waals surface area contributed by atoms with Gasteiger partial charge in [-0.25, -0.2) is 14.2 Å². The van der Waals surface area contributed by atoms with Gasteiger partial charge < -0.3 is 40.5 Å². The molecule has 1 aromatic heterocycles. The Morgan fingerprint density at radius 2 is 1.36 bits per heavy atom. The number of fused-ring (bicyclic) bond motifs is 1. The Bertz CT molecular complexity index is 3030. The highest BCUT2D eigenvalue weighted by Gasteiger charge is 2.47. The fourth-order valence-corrected chi connectivity index (χ4v) is 10.9. The molecule has 3 fully saturated rings. The number of carboxylic acids is 3. The summed E-state index contributed by atoms with van der Waals surface area (Å²) in [5.74, 6) is -7.58. The number of pyridine rings is 1. The zero-order valence-corrected chi connectivity index (χ0v) is 52.9. The number of ether oxygens (including phenoxy) is 1. The number of piperidine rings is 1. The molecule has 31 heteroatoms. The van der Waals surface area contributed by atoms with E-state index < -0.39 is 73.1 Å². The van der Waals surface area contributed by atoms with Crippen LogP contribution in [0.15, 0.2) is 70.0 Å². The van der Waals surface area contributed by atoms with Gasteiger partial charge in [0.1, 0.15) is 18.5 Å². The van der Waals surface area contributed by atoms with E-state index in [2.05, 4.69) is 69.8 Å². The number of benzene rings is 2. The SMILES string of the molecule is N#C[C@H]1CC(F)(F)CN1C(=O)CNC(=O)c1ccnc2ccc(OCCCC3CCN(C(=O)CCCCCC(=O)N/N=C\C(C/C=N/NCN/N=C/c4ccc(I)cc4)NC(=O)CN4CCN(CC(=O)O)CCN(CC(=O)O)CCN(CC(=O)O)CC4)CC3)cc12. The predicted molar refractivity (Wildman–Crippen MR) is 340 cm³/mol. The molecule has 3 aliphatic heterocycles. The first kappa shape index (κ1) is 72.0. The van der Waals surface area contributed by atoms with Gasteiger partial charge >= 0.3 is 17.9 Å². The van der Waals surface area contributed by atoms with Crippen LogP contribution in [0, 0.1) is 20.8 Å². The molecule has 0 saturated carbocycles. The number of nitriles is 1. The Labute approximate surface area is 539 Å². The summed E-state index contributed by atoms with van der Waals surface area (Å²) in [6, 6.07) is 14.1. The van der Waals surface area contributed by atoms with Gasteiger partial charge in [0.2, 0.25) is 23.6 Å². The predicted octanol–water partition coefficient (Wildman–Crippen LogP) is 2.29. The van der Waals surface area contributed by atoms with Crippen molar-refractivity contribution >= 4 is 99.6 Å². The van der Waals surface area contributed by atoms with Gasteiger partial charge in [0.15, 0.2) is 0 Å². The molecule has 0 aliphatic carbocycles. The fraction of sp³-hybridized carbons (Fsp3) is 0.550. The molecular formula is C60H81F2IN16O12. The maximum atomic E-state index is 13.9. The average molecular weight is 1380 g/mol. The molecule has 494 valence electrons. The number of nitrogens with zero attached hydrogens (tertiary/aromatic N) is 11. The molecule has 1 unspecified atom stereocenters. The summed E-state index contributed by atoms with van der Waals surface area (Å²) in [6.45, 7) is 1.18. The van der Waals surface area contributed by atoms with Crippen LogP contribution in [0.25, 0.3) is 10.9 Å². The number of carbonyl (C=O) groups excluding carboxylic acids is 5. The van der Waals surface area contributed by atoms with Crippen molar-refractivity contribution in [2.45, 2.75) is 88.6 Å². The Morgan fingerprint density at radius 3 is 1.99 bits per heavy atom. The van der Waals surface area contributed by atoms with Gasteiger partial charge in [0.25, 0.3) is 11.8 Å². The van der Waals surface area contributed by atoms with Gasteiger partial charge in [-0.15, -0.1) is 0 Å². The normalized spacial score (nSPS) is 17.9. The third kappa shape index (κ3) is 26.7. The molecule has 28 nitrogen and oxygen atoms in total. The lowest BCUT2D eigenvalue weighted by Gasteiger charge is -2.33. The Balaban J connectivity index is 0.909. The Morgan fingerprint density at radius 1 is 0.747 bits per heavy atom. The van der Waals surface area contributed by atoms with Gasteiger partial charge in [-0.2, -0.15) is 20.6 Å². The number of alkyl halides is 2. The topological polar surface area (TPSA) is 360 Å². The standard InChI is InChI=1S/C60H81F2IN16O12/c61-60(62)32-47(33-64)79(41-60)55(83)36-66-59(90)49-15-18-65-51-13-12-48(31-50(49)51)91-30-4-5-43-16-20-78(21-17-43)54(82)7-3-1-2-6-52(80)73-69-35-46(14-19-67-70-42-71-68-34-44-8-10-45(63)11-9-44)72-53(81)37-74-22-24-75(38-56(84)85)26-28-77(40-58(88)89)29-27-76(25-23-74)39-57(86)87/h8-13,15,18-19,31,34-35,43,46-47,70-71H,1-7,14,16-17,20-30,32,36-42H2,(H,66,90)(H,72,81)(H,73,80)(H,84,85)(H,86,87)(H,88,89)/b67-19+,68-34+,69-35-/t46?,47-/m1/s1. The maximum absolute atomic E-state index is 13.9. The number of carboxylic acid groups (broad SMARTS) is 3. The van der Waals surface area contributed by atoms with Crippen molar-refractivity contribution in [2.75, 3.05) is 118 Å². The second kappa shape index (κ2) is 37.9. The monoisotopic (exact) mass is 1380 g/mol. The smallest absolute Gasteiger partial charge is 0.317 e. The van der Waals surface area contributed by atoms with Crippen molar-refractivity contribution in [2.24, 2.45) is 21.2 Å². The number of nitrogens with one attached hydrogen (secondary N) is 5. The molecule has 0 bridgehead atoms. The Hall–Kier alpha value is -8.06. The van der Waals surface area contributed by atoms with Crippen molar-refractivity contribution in [3.05, 3.63) is 69.4 Å². The van der Waals surface area contributed by atoms with Crippen molar-refractivity contribution in [1.82, 2.24) is 61.3 Å². The lowest BCUT2D eigenvalue weighted by Crippen LogP contribution is -2.50. The summed E-state index contributed by atoms with van der Waals surface area (Å²) >= 11 is 2.22. The minimum Gasteiger partial charge on any atom is -0.494 e. The third-order valence-electron chi connectivity index (χ3n) is 15.4. The van der Waals surface area contributed by atoms with Crippen LogP contribution < -0.4 is 31.6 Å². The van der Waals surface area contributed by atoms with Crippen LogP contribution in [0.5, 0.6) is 5.75 Å². The zero-order chi connectivity index (χ0) is 65.5. The molecule has 6 rings (SSSR count). The number of aliphatic carboxylic acids is 3. The quantitative estimate of drug-likeness (QED) is 0.0146. The molecule has 3 saturated heterocycles. The lowest BCUT2D eigenvalue weighted by atomic mass is 9.92. The second-order valence-corrected chi connectivity index (χ2v) is 23.7. The molecule has 0 radical (unpaired) electrons. The van der Waals surface area contributed by atoms with Crippen molar-refractivity contribution < 1.29 is 67.2 Å². The van der Waals surface area contributed by atoms with E-state index in [-0.39, 0.29) is 115 Å². The minimum absolute atomic E-state index is 0.0640. The maximum Gasteiger partial charge on any atom is 0.317 e. The van der Waals surface area contributed by atoms with E-state index in [0.717, 1.165) is 39.7 Å². The van der Waals surface area contributed by atoms with Crippen molar-refractivity contribution in [3.8, 4) is 11.8 Å². The second-order valence-electron chi connectivity index (χ2n) is 22.4. The number of carbonyl (C=O) groups is 8. The molecule has 4 heterocycles. The van der Waals surface area contributed by atoms with E-state index in [1.165, 1.54) is 24.7 Å². The van der Waals surface area contributed by atoms with Crippen molar-refractivity contribution in [3.63, 3.8) is 0 Å². The summed E-state index contributed by atoms with van der Waals surface area (Å²) in [6.07, 6.45) is 11.0. The van der Waals surface area contributed by atoms with Crippen LogP contribution in [-0.4, -0.2) is 252 Å². The summed E-state index contributed by atoms with van der Waals surface area (Å²) in [5, 5.41) is 56.4. The van der Waals surface area contributed by atoms with E-state index >= 15 is 0 Å². The van der Waals surface area contributed by atoms with Crippen molar-refractivity contribution in [1.29, 1.82) is 5.26 Å². The summed E-state index contributed by atoms with van der Waals surface area (Å²) in [7, 11) is 0. The largest absolute Gasteiger partial charge is 0.494 e. The van der Waals surface area contributed by atoms with Crippen LogP contribution in [0.4, 0.5) is 8.78 Å². The molecule has 5 amide bonds. The van der Waals surface area contributed by atoms with Crippen LogP contribution >= 0.6 is 22.6 Å². The van der Waals surface area contributed by atoms with E-state index in [9.17, 15) is 67.7 Å². The highest BCUT2D eigenvalue weighted by molar-refractivity contribution is 14.1. The van der Waals surface area contributed by atoms with Gasteiger partial charge in [0, 0.05) is 119 Å². The number of halogens is 3. The van der Waals surface area contributed by atoms with Crippen LogP contribution in [0.1, 0.15) is 86.6 Å². The minimum atomic E-state index is -3.17. The molecular weight excluding hydrogens is 1300 g/mol. The molecule has 0 spiro atoms. The molecule has 3 aliphatic rings. The lowest BCUT2D eigenvalue weighted by molar-refractivity contribution is -0.140. The van der Waals surface area contributed by atoms with Gasteiger partial charge in [-0.1, -0.05) is 18.6 Å². The molecule has 2 atom stereocenters. The first-order valence-corrected chi connectivity index (χ1v) is 31.4. The molecule has 3 aromatic rings. The number of amides is 5. The third-order valence-corrected chi connectivity index (χ3v) is 16.1.